The van der Waals surface area contributed by atoms with Crippen LogP contribution in [0.5, 0.6) is 5.75 Å². The Hall–Kier alpha value is -4.65. The standard InChI is InChI=1S/C32H30FN7O3S/c1-18(40-31-27(30(34)35-17-36-31)28(37-40)19-13-20(33)15-21(41)14-19)29-26(23-5-3-4-6-24(23)32(42)43-29)25-8-7-22(44-25)16-39-11-9-38(2)10-12-39/h3-8,13-15,17-18,41H,9-12,16H2,1-2H3,(H2,34,35,36). The molecule has 1 fully saturated rings. The molecule has 0 bridgehead atoms. The highest BCUT2D eigenvalue weighted by molar-refractivity contribution is 7.15. The third-order valence-electron chi connectivity index (χ3n) is 8.17. The van der Waals surface area contributed by atoms with Gasteiger partial charge in [-0.05, 0) is 44.3 Å². The molecule has 0 saturated carbocycles. The van der Waals surface area contributed by atoms with Crippen LogP contribution < -0.4 is 11.4 Å². The molecule has 1 unspecified atom stereocenters. The first kappa shape index (κ1) is 28.1. The Morgan fingerprint density at radius 3 is 2.61 bits per heavy atom. The summed E-state index contributed by atoms with van der Waals surface area (Å²) in [4.78, 5) is 28.9. The fourth-order valence-electron chi connectivity index (χ4n) is 5.88. The molecule has 12 heteroatoms. The van der Waals surface area contributed by atoms with Crippen LogP contribution in [0.4, 0.5) is 10.2 Å². The van der Waals surface area contributed by atoms with Crippen molar-refractivity contribution in [3.8, 4) is 27.4 Å². The zero-order valence-electron chi connectivity index (χ0n) is 24.2. The van der Waals surface area contributed by atoms with E-state index in [1.165, 1.54) is 23.3 Å². The minimum atomic E-state index is -0.627. The van der Waals surface area contributed by atoms with Gasteiger partial charge < -0.3 is 20.2 Å². The van der Waals surface area contributed by atoms with E-state index in [1.54, 1.807) is 22.1 Å². The van der Waals surface area contributed by atoms with Crippen LogP contribution in [0.2, 0.25) is 0 Å². The summed E-state index contributed by atoms with van der Waals surface area (Å²) in [6, 6.07) is 14.7. The topological polar surface area (TPSA) is 127 Å². The van der Waals surface area contributed by atoms with Crippen LogP contribution in [-0.4, -0.2) is 67.9 Å². The van der Waals surface area contributed by atoms with E-state index in [0.29, 0.717) is 33.4 Å². The van der Waals surface area contributed by atoms with E-state index in [9.17, 15) is 14.3 Å². The molecule has 0 spiro atoms. The van der Waals surface area contributed by atoms with Crippen LogP contribution in [0.3, 0.4) is 0 Å². The molecule has 0 aliphatic carbocycles. The van der Waals surface area contributed by atoms with Crippen molar-refractivity contribution in [3.63, 3.8) is 0 Å². The molecule has 1 aliphatic rings. The number of likely N-dealkylation sites (N-methyl/N-ethyl adjacent to an activating group) is 1. The quantitative estimate of drug-likeness (QED) is 0.264. The molecule has 5 heterocycles. The maximum atomic E-state index is 14.3. The Morgan fingerprint density at radius 2 is 1.84 bits per heavy atom. The molecule has 1 atom stereocenters. The average molecular weight is 612 g/mol. The van der Waals surface area contributed by atoms with Gasteiger partial charge in [-0.25, -0.2) is 23.8 Å². The second-order valence-electron chi connectivity index (χ2n) is 11.1. The highest BCUT2D eigenvalue weighted by Gasteiger charge is 2.27. The first-order valence-electron chi connectivity index (χ1n) is 14.3. The lowest BCUT2D eigenvalue weighted by Crippen LogP contribution is -2.43. The number of aromatic hydroxyl groups is 1. The lowest BCUT2D eigenvalue weighted by molar-refractivity contribution is 0.149. The number of nitrogens with zero attached hydrogens (tertiary/aromatic N) is 6. The van der Waals surface area contributed by atoms with E-state index in [1.807, 2.05) is 25.1 Å². The predicted molar refractivity (Wildman–Crippen MR) is 169 cm³/mol. The van der Waals surface area contributed by atoms with Crippen LogP contribution in [-0.2, 0) is 6.54 Å². The van der Waals surface area contributed by atoms with E-state index < -0.39 is 17.5 Å². The number of hydrogen-bond donors (Lipinski definition) is 2. The molecule has 6 aromatic rings. The molecular weight excluding hydrogens is 581 g/mol. The summed E-state index contributed by atoms with van der Waals surface area (Å²) in [7, 11) is 2.14. The van der Waals surface area contributed by atoms with E-state index in [2.05, 4.69) is 38.9 Å². The number of phenolic OH excluding ortho intramolecular Hbond substituents is 1. The highest BCUT2D eigenvalue weighted by atomic mass is 32.1. The van der Waals surface area contributed by atoms with E-state index in [-0.39, 0.29) is 11.6 Å². The number of nitrogens with two attached hydrogens (primary N) is 1. The molecule has 1 saturated heterocycles. The van der Waals surface area contributed by atoms with Crippen LogP contribution in [0.25, 0.3) is 43.5 Å². The normalized spacial score (nSPS) is 15.3. The van der Waals surface area contributed by atoms with Gasteiger partial charge in [-0.3, -0.25) is 4.90 Å². The number of nitrogen functional groups attached to an aromatic ring is 1. The maximum Gasteiger partial charge on any atom is 0.343 e. The number of benzene rings is 2. The van der Waals surface area contributed by atoms with Gasteiger partial charge in [0.2, 0.25) is 0 Å². The number of halogens is 1. The van der Waals surface area contributed by atoms with Crippen LogP contribution in [0.15, 0.2) is 70.1 Å². The van der Waals surface area contributed by atoms with Crippen molar-refractivity contribution in [2.45, 2.75) is 19.5 Å². The SMILES string of the molecule is CC(c1oc(=O)c2ccccc2c1-c1ccc(CN2CCN(C)CC2)s1)n1nc(-c2cc(O)cc(F)c2)c2c(N)ncnc21. The van der Waals surface area contributed by atoms with Crippen molar-refractivity contribution < 1.29 is 13.9 Å². The lowest BCUT2D eigenvalue weighted by Gasteiger charge is -2.31. The molecule has 224 valence electrons. The second-order valence-corrected chi connectivity index (χ2v) is 12.3. The predicted octanol–water partition coefficient (Wildman–Crippen LogP) is 5.11. The van der Waals surface area contributed by atoms with E-state index >= 15 is 0 Å². The van der Waals surface area contributed by atoms with Gasteiger partial charge in [-0.2, -0.15) is 5.10 Å². The van der Waals surface area contributed by atoms with Crippen molar-refractivity contribution in [1.29, 1.82) is 0 Å². The third kappa shape index (κ3) is 5.00. The number of phenols is 1. The Bertz CT molecular complexity index is 2060. The number of anilines is 1. The number of thiophene rings is 1. The Morgan fingerprint density at radius 1 is 1.07 bits per heavy atom. The minimum Gasteiger partial charge on any atom is -0.508 e. The highest BCUT2D eigenvalue weighted by Crippen LogP contribution is 2.41. The Balaban J connectivity index is 1.38. The summed E-state index contributed by atoms with van der Waals surface area (Å²) in [5.74, 6) is -0.311. The Kier molecular flexibility index (Phi) is 7.11. The number of piperazine rings is 1. The van der Waals surface area contributed by atoms with Gasteiger partial charge in [0.1, 0.15) is 41.2 Å². The minimum absolute atomic E-state index is 0.152. The lowest BCUT2D eigenvalue weighted by atomic mass is 10.0. The van der Waals surface area contributed by atoms with E-state index in [4.69, 9.17) is 15.2 Å². The zero-order chi connectivity index (χ0) is 30.5. The maximum absolute atomic E-state index is 14.3. The summed E-state index contributed by atoms with van der Waals surface area (Å²) in [6.45, 7) is 6.82. The molecule has 3 N–H and O–H groups in total. The van der Waals surface area contributed by atoms with Gasteiger partial charge in [0.15, 0.2) is 5.65 Å². The third-order valence-corrected chi connectivity index (χ3v) is 9.26. The van der Waals surface area contributed by atoms with Crippen LogP contribution in [0.1, 0.15) is 23.6 Å². The number of fused-ring (bicyclic) bond motifs is 2. The molecule has 2 aromatic carbocycles. The summed E-state index contributed by atoms with van der Waals surface area (Å²) in [5, 5.41) is 16.6. The van der Waals surface area contributed by atoms with Gasteiger partial charge in [0.05, 0.1) is 10.8 Å². The summed E-state index contributed by atoms with van der Waals surface area (Å²) >= 11 is 1.68. The van der Waals surface area contributed by atoms with Crippen LogP contribution >= 0.6 is 11.3 Å². The molecule has 4 aromatic heterocycles. The molecule has 44 heavy (non-hydrogen) atoms. The van der Waals surface area contributed by atoms with Crippen molar-refractivity contribution in [2.24, 2.45) is 0 Å². The van der Waals surface area contributed by atoms with Gasteiger partial charge in [0, 0.05) is 65.1 Å². The van der Waals surface area contributed by atoms with Crippen molar-refractivity contribution >= 4 is 39.0 Å². The first-order valence-corrected chi connectivity index (χ1v) is 15.1. The zero-order valence-corrected chi connectivity index (χ0v) is 25.0. The smallest absolute Gasteiger partial charge is 0.343 e. The van der Waals surface area contributed by atoms with Crippen molar-refractivity contribution in [2.75, 3.05) is 39.0 Å². The first-order chi connectivity index (χ1) is 21.3. The van der Waals surface area contributed by atoms with Gasteiger partial charge in [-0.1, -0.05) is 18.2 Å². The average Bonchev–Trinajstić information content (AvgIpc) is 3.63. The summed E-state index contributed by atoms with van der Waals surface area (Å²) in [5.41, 5.74) is 7.63. The fraction of sp³-hybridized carbons (Fsp3) is 0.250. The molecule has 10 nitrogen and oxygen atoms in total. The van der Waals surface area contributed by atoms with E-state index in [0.717, 1.165) is 54.6 Å². The molecule has 0 radical (unpaired) electrons. The Labute approximate surface area is 255 Å². The largest absolute Gasteiger partial charge is 0.508 e. The van der Waals surface area contributed by atoms with Crippen LogP contribution in [0, 0.1) is 5.82 Å². The summed E-state index contributed by atoms with van der Waals surface area (Å²) < 4.78 is 22.0. The number of aromatic nitrogens is 4. The van der Waals surface area contributed by atoms with Gasteiger partial charge >= 0.3 is 5.63 Å². The number of hydrogen-bond acceptors (Lipinski definition) is 10. The molecule has 0 amide bonds. The fourth-order valence-corrected chi connectivity index (χ4v) is 6.99. The van der Waals surface area contributed by atoms with Gasteiger partial charge in [0.25, 0.3) is 0 Å². The molecular formula is C32H30FN7O3S. The van der Waals surface area contributed by atoms with Gasteiger partial charge in [-0.15, -0.1) is 11.3 Å². The summed E-state index contributed by atoms with van der Waals surface area (Å²) in [6.07, 6.45) is 1.33. The van der Waals surface area contributed by atoms with Crippen molar-refractivity contribution in [1.82, 2.24) is 29.5 Å². The molecule has 1 aliphatic heterocycles. The monoisotopic (exact) mass is 611 g/mol. The number of rotatable bonds is 6. The van der Waals surface area contributed by atoms with Crippen molar-refractivity contribution in [3.05, 3.63) is 87.8 Å². The second kappa shape index (κ2) is 11.1. The molecule has 7 rings (SSSR count).